The summed E-state index contributed by atoms with van der Waals surface area (Å²) in [6.07, 6.45) is 2.43. The molecule has 0 saturated heterocycles. The van der Waals surface area contributed by atoms with Gasteiger partial charge >= 0.3 is 5.97 Å². The van der Waals surface area contributed by atoms with Gasteiger partial charge in [0, 0.05) is 31.0 Å². The number of esters is 1. The highest BCUT2D eigenvalue weighted by Gasteiger charge is 2.44. The van der Waals surface area contributed by atoms with Gasteiger partial charge in [0.25, 0.3) is 5.92 Å². The molecule has 2 aromatic carbocycles. The fourth-order valence-electron chi connectivity index (χ4n) is 4.50. The Morgan fingerprint density at radius 1 is 1.19 bits per heavy atom. The zero-order chi connectivity index (χ0) is 22.9. The van der Waals surface area contributed by atoms with Crippen LogP contribution in [0.2, 0.25) is 0 Å². The molecule has 7 heteroatoms. The Kier molecular flexibility index (Phi) is 6.45. The van der Waals surface area contributed by atoms with Crippen molar-refractivity contribution >= 4 is 11.7 Å². The Hall–Kier alpha value is -2.57. The van der Waals surface area contributed by atoms with Crippen LogP contribution in [0.15, 0.2) is 30.3 Å². The highest BCUT2D eigenvalue weighted by molar-refractivity contribution is 5.69. The standard InChI is InChI=1S/C25H27F4NO2/c1-2-32-23(31)11-8-16-6-7-17-15-30(13-12-20(17)24(16)27)22-14-19(9-10-21(22)26)25(28,29)18-4-3-5-18/h6-7,9-10,14,18H,2-5,8,11-13,15H2,1H3. The van der Waals surface area contributed by atoms with Crippen molar-refractivity contribution in [2.45, 2.75) is 57.9 Å². The molecule has 0 N–H and O–H groups in total. The molecule has 2 aromatic rings. The van der Waals surface area contributed by atoms with Crippen molar-refractivity contribution in [2.75, 3.05) is 18.1 Å². The number of benzene rings is 2. The Morgan fingerprint density at radius 3 is 2.66 bits per heavy atom. The quantitative estimate of drug-likeness (QED) is 0.389. The number of aryl methyl sites for hydroxylation is 1. The topological polar surface area (TPSA) is 29.5 Å². The van der Waals surface area contributed by atoms with Gasteiger partial charge in [-0.3, -0.25) is 4.79 Å². The van der Waals surface area contributed by atoms with Crippen LogP contribution >= 0.6 is 0 Å². The minimum absolute atomic E-state index is 0.100. The molecule has 0 amide bonds. The zero-order valence-electron chi connectivity index (χ0n) is 18.1. The van der Waals surface area contributed by atoms with Gasteiger partial charge in [-0.25, -0.2) is 17.6 Å². The second-order valence-electron chi connectivity index (χ2n) is 8.57. The number of hydrogen-bond acceptors (Lipinski definition) is 3. The summed E-state index contributed by atoms with van der Waals surface area (Å²) < 4.78 is 64.0. The van der Waals surface area contributed by atoms with E-state index >= 15 is 4.39 Å². The molecule has 1 aliphatic heterocycles. The second kappa shape index (κ2) is 9.12. The molecule has 32 heavy (non-hydrogen) atoms. The maximum Gasteiger partial charge on any atom is 0.306 e. The molecular formula is C25H27F4NO2. The first-order valence-corrected chi connectivity index (χ1v) is 11.2. The van der Waals surface area contributed by atoms with E-state index in [0.717, 1.165) is 12.5 Å². The van der Waals surface area contributed by atoms with E-state index in [2.05, 4.69) is 0 Å². The molecule has 0 atom stereocenters. The summed E-state index contributed by atoms with van der Waals surface area (Å²) in [6, 6.07) is 6.93. The Morgan fingerprint density at radius 2 is 1.97 bits per heavy atom. The lowest BCUT2D eigenvalue weighted by Crippen LogP contribution is -2.33. The summed E-state index contributed by atoms with van der Waals surface area (Å²) in [6.45, 7) is 2.56. The molecule has 1 heterocycles. The van der Waals surface area contributed by atoms with Crippen LogP contribution in [0.25, 0.3) is 0 Å². The number of anilines is 1. The number of halogens is 4. The van der Waals surface area contributed by atoms with E-state index in [-0.39, 0.29) is 49.0 Å². The fraction of sp³-hybridized carbons (Fsp3) is 0.480. The molecule has 1 fully saturated rings. The summed E-state index contributed by atoms with van der Waals surface area (Å²) in [5.41, 5.74) is 1.64. The van der Waals surface area contributed by atoms with Crippen LogP contribution in [0.4, 0.5) is 23.2 Å². The Labute approximate surface area is 185 Å². The van der Waals surface area contributed by atoms with Crippen molar-refractivity contribution in [3.8, 4) is 0 Å². The number of ether oxygens (including phenoxy) is 1. The minimum Gasteiger partial charge on any atom is -0.466 e. The van der Waals surface area contributed by atoms with Crippen molar-refractivity contribution in [3.63, 3.8) is 0 Å². The lowest BCUT2D eigenvalue weighted by Gasteiger charge is -2.35. The van der Waals surface area contributed by atoms with Crippen molar-refractivity contribution < 1.29 is 27.1 Å². The second-order valence-corrected chi connectivity index (χ2v) is 8.57. The summed E-state index contributed by atoms with van der Waals surface area (Å²) in [5.74, 6) is -4.95. The molecule has 0 spiro atoms. The number of hydrogen-bond donors (Lipinski definition) is 0. The van der Waals surface area contributed by atoms with E-state index in [1.54, 1.807) is 24.0 Å². The molecule has 1 saturated carbocycles. The average Bonchev–Trinajstić information content (AvgIpc) is 2.72. The van der Waals surface area contributed by atoms with Gasteiger partial charge in [-0.1, -0.05) is 18.6 Å². The number of carbonyl (C=O) groups is 1. The predicted octanol–water partition coefficient (Wildman–Crippen LogP) is 5.92. The van der Waals surface area contributed by atoms with E-state index < -0.39 is 17.7 Å². The van der Waals surface area contributed by atoms with Crippen LogP contribution in [-0.2, 0) is 34.8 Å². The van der Waals surface area contributed by atoms with Crippen LogP contribution < -0.4 is 4.90 Å². The van der Waals surface area contributed by atoms with Crippen molar-refractivity contribution in [1.29, 1.82) is 0 Å². The largest absolute Gasteiger partial charge is 0.466 e. The number of rotatable bonds is 7. The molecule has 0 aromatic heterocycles. The summed E-state index contributed by atoms with van der Waals surface area (Å²) in [4.78, 5) is 13.3. The molecule has 0 unspecified atom stereocenters. The van der Waals surface area contributed by atoms with Gasteiger partial charge in [-0.15, -0.1) is 0 Å². The van der Waals surface area contributed by atoms with Gasteiger partial charge in [0.1, 0.15) is 11.6 Å². The number of carbonyl (C=O) groups excluding carboxylic acids is 1. The third kappa shape index (κ3) is 4.34. The van der Waals surface area contributed by atoms with Crippen molar-refractivity contribution in [3.05, 3.63) is 64.2 Å². The first-order chi connectivity index (χ1) is 15.3. The Balaban J connectivity index is 1.53. The van der Waals surface area contributed by atoms with Gasteiger partial charge in [-0.2, -0.15) is 0 Å². The number of nitrogens with zero attached hydrogens (tertiary/aromatic N) is 1. The molecule has 2 aliphatic rings. The van der Waals surface area contributed by atoms with Crippen LogP contribution in [0.5, 0.6) is 0 Å². The summed E-state index contributed by atoms with van der Waals surface area (Å²) in [5, 5.41) is 0. The highest BCUT2D eigenvalue weighted by Crippen LogP contribution is 2.47. The zero-order valence-corrected chi connectivity index (χ0v) is 18.1. The molecule has 1 aliphatic carbocycles. The molecule has 0 bridgehead atoms. The smallest absolute Gasteiger partial charge is 0.306 e. The van der Waals surface area contributed by atoms with Gasteiger partial charge in [0.2, 0.25) is 0 Å². The third-order valence-corrected chi connectivity index (χ3v) is 6.61. The molecular weight excluding hydrogens is 422 g/mol. The van der Waals surface area contributed by atoms with Crippen LogP contribution in [0.1, 0.15) is 54.9 Å². The lowest BCUT2D eigenvalue weighted by molar-refractivity contribution is -0.143. The Bertz CT molecular complexity index is 1000. The van der Waals surface area contributed by atoms with Crippen LogP contribution in [-0.4, -0.2) is 19.1 Å². The number of alkyl halides is 2. The fourth-order valence-corrected chi connectivity index (χ4v) is 4.50. The number of fused-ring (bicyclic) bond motifs is 1. The predicted molar refractivity (Wildman–Crippen MR) is 114 cm³/mol. The van der Waals surface area contributed by atoms with Crippen LogP contribution in [0, 0.1) is 17.6 Å². The molecule has 4 rings (SSSR count). The maximum absolute atomic E-state index is 15.0. The maximum atomic E-state index is 15.0. The molecule has 0 radical (unpaired) electrons. The van der Waals surface area contributed by atoms with E-state index in [1.165, 1.54) is 12.1 Å². The minimum atomic E-state index is -2.98. The van der Waals surface area contributed by atoms with Gasteiger partial charge < -0.3 is 9.64 Å². The van der Waals surface area contributed by atoms with E-state index in [0.29, 0.717) is 42.5 Å². The summed E-state index contributed by atoms with van der Waals surface area (Å²) >= 11 is 0. The SMILES string of the molecule is CCOC(=O)CCc1ccc2c(c1F)CCN(c1cc(C(F)(F)C3CCC3)ccc1F)C2. The third-order valence-electron chi connectivity index (χ3n) is 6.61. The summed E-state index contributed by atoms with van der Waals surface area (Å²) in [7, 11) is 0. The van der Waals surface area contributed by atoms with E-state index in [1.807, 2.05) is 0 Å². The van der Waals surface area contributed by atoms with E-state index in [4.69, 9.17) is 4.74 Å². The monoisotopic (exact) mass is 449 g/mol. The van der Waals surface area contributed by atoms with Gasteiger partial charge in [0.15, 0.2) is 0 Å². The molecule has 172 valence electrons. The first kappa shape index (κ1) is 22.6. The van der Waals surface area contributed by atoms with Crippen LogP contribution in [0.3, 0.4) is 0 Å². The van der Waals surface area contributed by atoms with Crippen molar-refractivity contribution in [1.82, 2.24) is 0 Å². The molecule has 3 nitrogen and oxygen atoms in total. The van der Waals surface area contributed by atoms with Crippen molar-refractivity contribution in [2.24, 2.45) is 5.92 Å². The average molecular weight is 449 g/mol. The van der Waals surface area contributed by atoms with Gasteiger partial charge in [-0.05, 0) is 67.5 Å². The van der Waals surface area contributed by atoms with Gasteiger partial charge in [0.05, 0.1) is 12.3 Å². The van der Waals surface area contributed by atoms with E-state index in [9.17, 15) is 18.0 Å². The highest BCUT2D eigenvalue weighted by atomic mass is 19.3. The lowest BCUT2D eigenvalue weighted by atomic mass is 9.78. The normalized spacial score (nSPS) is 16.5. The first-order valence-electron chi connectivity index (χ1n) is 11.2.